The van der Waals surface area contributed by atoms with Gasteiger partial charge in [0, 0.05) is 0 Å². The molecule has 0 aromatic carbocycles. The fourth-order valence-electron chi connectivity index (χ4n) is 0.964. The van der Waals surface area contributed by atoms with Crippen molar-refractivity contribution < 1.29 is 4.58 Å². The zero-order valence-electron chi connectivity index (χ0n) is 6.96. The summed E-state index contributed by atoms with van der Waals surface area (Å²) in [6.45, 7) is 0. The van der Waals surface area contributed by atoms with Gasteiger partial charge in [0.05, 0.1) is 27.2 Å². The Bertz CT molecular complexity index is 154. The van der Waals surface area contributed by atoms with Crippen LogP contribution < -0.4 is 5.73 Å². The molecule has 0 amide bonds. The standard InChI is InChI=1S/C7H15N3/c1-9(2)7(8)10(3)6-4-5-6/h6,8H,4-5H2,1-3H3/p+1. The summed E-state index contributed by atoms with van der Waals surface area (Å²) >= 11 is 0. The number of hydrogen-bond acceptors (Lipinski definition) is 0. The highest BCUT2D eigenvalue weighted by Crippen LogP contribution is 2.24. The first-order chi connectivity index (χ1) is 4.63. The van der Waals surface area contributed by atoms with Crippen molar-refractivity contribution in [2.75, 3.05) is 21.1 Å². The van der Waals surface area contributed by atoms with Crippen LogP contribution in [0.2, 0.25) is 0 Å². The molecular weight excluding hydrogens is 126 g/mol. The maximum atomic E-state index is 5.77. The molecule has 3 nitrogen and oxygen atoms in total. The van der Waals surface area contributed by atoms with Crippen molar-refractivity contribution in [3.63, 3.8) is 0 Å². The summed E-state index contributed by atoms with van der Waals surface area (Å²) in [5.41, 5.74) is 5.77. The zero-order valence-corrected chi connectivity index (χ0v) is 6.96. The van der Waals surface area contributed by atoms with E-state index in [0.717, 1.165) is 5.96 Å². The van der Waals surface area contributed by atoms with E-state index in [1.165, 1.54) is 12.8 Å². The molecule has 0 aromatic rings. The average molecular weight is 142 g/mol. The van der Waals surface area contributed by atoms with Gasteiger partial charge < -0.3 is 0 Å². The second-order valence-electron chi connectivity index (χ2n) is 3.09. The fraction of sp³-hybridized carbons (Fsp3) is 0.857. The molecule has 0 radical (unpaired) electrons. The molecule has 3 heteroatoms. The summed E-state index contributed by atoms with van der Waals surface area (Å²) in [6.07, 6.45) is 2.59. The molecule has 0 unspecified atom stereocenters. The summed E-state index contributed by atoms with van der Waals surface area (Å²) in [6, 6.07) is 0.711. The van der Waals surface area contributed by atoms with Gasteiger partial charge in [0.25, 0.3) is 0 Å². The Kier molecular flexibility index (Phi) is 1.83. The first-order valence-corrected chi connectivity index (χ1v) is 3.65. The second-order valence-corrected chi connectivity index (χ2v) is 3.09. The normalized spacial score (nSPS) is 16.7. The molecule has 0 atom stereocenters. The van der Waals surface area contributed by atoms with Crippen LogP contribution in [0.5, 0.6) is 0 Å². The molecule has 0 saturated heterocycles. The average Bonchev–Trinajstić information content (AvgIpc) is 2.65. The lowest BCUT2D eigenvalue weighted by Gasteiger charge is -2.11. The second kappa shape index (κ2) is 2.48. The Morgan fingerprint density at radius 3 is 2.30 bits per heavy atom. The number of rotatable bonds is 1. The lowest BCUT2D eigenvalue weighted by atomic mass is 10.6. The molecule has 0 aliphatic heterocycles. The van der Waals surface area contributed by atoms with E-state index in [-0.39, 0.29) is 0 Å². The van der Waals surface area contributed by atoms with Crippen LogP contribution in [0.25, 0.3) is 0 Å². The molecule has 0 spiro atoms. The Morgan fingerprint density at radius 2 is 2.00 bits per heavy atom. The third-order valence-corrected chi connectivity index (χ3v) is 1.91. The molecule has 1 saturated carbocycles. The summed E-state index contributed by atoms with van der Waals surface area (Å²) in [5, 5.41) is 0. The van der Waals surface area contributed by atoms with E-state index in [2.05, 4.69) is 4.90 Å². The van der Waals surface area contributed by atoms with Gasteiger partial charge in [0.1, 0.15) is 0 Å². The predicted octanol–water partition coefficient (Wildman–Crippen LogP) is -0.333. The summed E-state index contributed by atoms with van der Waals surface area (Å²) in [5.74, 6) is 0.863. The number of nitrogens with zero attached hydrogens (tertiary/aromatic N) is 2. The SMILES string of the molecule is CN(C(N)=[N+](C)C)C1CC1. The van der Waals surface area contributed by atoms with E-state index in [1.54, 1.807) is 0 Å². The molecule has 1 fully saturated rings. The van der Waals surface area contributed by atoms with Crippen LogP contribution in [0.4, 0.5) is 0 Å². The lowest BCUT2D eigenvalue weighted by molar-refractivity contribution is -0.471. The van der Waals surface area contributed by atoms with Crippen molar-refractivity contribution in [1.82, 2.24) is 4.90 Å². The van der Waals surface area contributed by atoms with Crippen LogP contribution in [0.15, 0.2) is 0 Å². The molecule has 58 valence electrons. The highest BCUT2D eigenvalue weighted by molar-refractivity contribution is 5.73. The summed E-state index contributed by atoms with van der Waals surface area (Å²) in [7, 11) is 5.98. The van der Waals surface area contributed by atoms with Gasteiger partial charge in [-0.05, 0) is 12.8 Å². The largest absolute Gasteiger partial charge is 0.345 e. The van der Waals surface area contributed by atoms with Gasteiger partial charge in [-0.15, -0.1) is 0 Å². The monoisotopic (exact) mass is 142 g/mol. The first-order valence-electron chi connectivity index (χ1n) is 3.65. The molecule has 0 bridgehead atoms. The molecule has 1 aliphatic carbocycles. The maximum absolute atomic E-state index is 5.77. The molecule has 2 N–H and O–H groups in total. The Labute approximate surface area is 62.1 Å². The number of hydrogen-bond donors (Lipinski definition) is 1. The van der Waals surface area contributed by atoms with Gasteiger partial charge in [-0.3, -0.25) is 15.2 Å². The minimum absolute atomic E-state index is 0.711. The highest BCUT2D eigenvalue weighted by Gasteiger charge is 2.32. The lowest BCUT2D eigenvalue weighted by Crippen LogP contribution is -2.41. The van der Waals surface area contributed by atoms with Gasteiger partial charge in [0.2, 0.25) is 0 Å². The Balaban J connectivity index is 2.54. The van der Waals surface area contributed by atoms with Gasteiger partial charge in [-0.1, -0.05) is 0 Å². The topological polar surface area (TPSA) is 32.3 Å². The van der Waals surface area contributed by atoms with Gasteiger partial charge in [-0.2, -0.15) is 0 Å². The third-order valence-electron chi connectivity index (χ3n) is 1.91. The summed E-state index contributed by atoms with van der Waals surface area (Å²) < 4.78 is 1.94. The number of guanidine groups is 1. The minimum Gasteiger partial charge on any atom is -0.291 e. The molecule has 1 rings (SSSR count). The van der Waals surface area contributed by atoms with Crippen LogP contribution in [0, 0.1) is 0 Å². The summed E-state index contributed by atoms with van der Waals surface area (Å²) in [4.78, 5) is 2.14. The maximum Gasteiger partial charge on any atom is 0.345 e. The van der Waals surface area contributed by atoms with Crippen molar-refractivity contribution in [2.24, 2.45) is 5.73 Å². The fourth-order valence-corrected chi connectivity index (χ4v) is 0.964. The van der Waals surface area contributed by atoms with Crippen molar-refractivity contribution in [1.29, 1.82) is 0 Å². The number of nitrogens with two attached hydrogens (primary N) is 1. The van der Waals surface area contributed by atoms with E-state index >= 15 is 0 Å². The van der Waals surface area contributed by atoms with E-state index < -0.39 is 0 Å². The predicted molar refractivity (Wildman–Crippen MR) is 42.1 cm³/mol. The van der Waals surface area contributed by atoms with Crippen LogP contribution in [0.1, 0.15) is 12.8 Å². The van der Waals surface area contributed by atoms with Crippen LogP contribution in [-0.2, 0) is 0 Å². The van der Waals surface area contributed by atoms with E-state index in [1.807, 2.05) is 25.7 Å². The third kappa shape index (κ3) is 1.40. The van der Waals surface area contributed by atoms with Crippen molar-refractivity contribution in [3.05, 3.63) is 0 Å². The quantitative estimate of drug-likeness (QED) is 0.309. The molecule has 0 heterocycles. The van der Waals surface area contributed by atoms with Gasteiger partial charge in [-0.25, -0.2) is 0 Å². The molecular formula is C7H16N3+. The molecule has 10 heavy (non-hydrogen) atoms. The van der Waals surface area contributed by atoms with Crippen molar-refractivity contribution >= 4 is 5.96 Å². The van der Waals surface area contributed by atoms with Crippen molar-refractivity contribution in [3.8, 4) is 0 Å². The van der Waals surface area contributed by atoms with E-state index in [0.29, 0.717) is 6.04 Å². The van der Waals surface area contributed by atoms with Crippen molar-refractivity contribution in [2.45, 2.75) is 18.9 Å². The van der Waals surface area contributed by atoms with Gasteiger partial charge >= 0.3 is 5.96 Å². The van der Waals surface area contributed by atoms with E-state index in [4.69, 9.17) is 5.73 Å². The van der Waals surface area contributed by atoms with Crippen LogP contribution in [0.3, 0.4) is 0 Å². The Morgan fingerprint density at radius 1 is 1.50 bits per heavy atom. The minimum atomic E-state index is 0.711. The zero-order chi connectivity index (χ0) is 7.72. The smallest absolute Gasteiger partial charge is 0.291 e. The van der Waals surface area contributed by atoms with Crippen LogP contribution >= 0.6 is 0 Å². The van der Waals surface area contributed by atoms with Gasteiger partial charge in [0.15, 0.2) is 0 Å². The Hall–Kier alpha value is -0.730. The van der Waals surface area contributed by atoms with E-state index in [9.17, 15) is 0 Å². The molecule has 1 aliphatic rings. The first kappa shape index (κ1) is 7.38. The van der Waals surface area contributed by atoms with Crippen LogP contribution in [-0.4, -0.2) is 42.6 Å². The highest BCUT2D eigenvalue weighted by atomic mass is 15.3. The molecule has 0 aromatic heterocycles.